The number of hydrogen-bond acceptors (Lipinski definition) is 2. The lowest BCUT2D eigenvalue weighted by molar-refractivity contribution is -0.575. The third kappa shape index (κ3) is 2.73. The van der Waals surface area contributed by atoms with Crippen LogP contribution in [0.15, 0.2) is 60.7 Å². The lowest BCUT2D eigenvalue weighted by Gasteiger charge is -2.08. The molecule has 0 unspecified atom stereocenters. The van der Waals surface area contributed by atoms with Gasteiger partial charge in [0.05, 0.1) is 0 Å². The van der Waals surface area contributed by atoms with Crippen molar-refractivity contribution in [2.24, 2.45) is 0 Å². The van der Waals surface area contributed by atoms with Crippen LogP contribution in [0.4, 0.5) is 0 Å². The smallest absolute Gasteiger partial charge is 0.401 e. The Morgan fingerprint density at radius 3 is 2.35 bits per heavy atom. The van der Waals surface area contributed by atoms with E-state index in [2.05, 4.69) is 71.5 Å². The van der Waals surface area contributed by atoms with E-state index in [1.807, 2.05) is 0 Å². The molecule has 0 saturated heterocycles. The Morgan fingerprint density at radius 2 is 1.70 bits per heavy atom. The molecule has 2 nitrogen and oxygen atoms in total. The molecule has 0 aromatic heterocycles. The Balaban J connectivity index is 1.91. The fraction of sp³-hybridized carbons (Fsp3) is 0.235. The molecular formula is C17H18NOS+. The van der Waals surface area contributed by atoms with Crippen molar-refractivity contribution in [3.63, 3.8) is 0 Å². The molecule has 0 amide bonds. The van der Waals surface area contributed by atoms with E-state index < -0.39 is 0 Å². The van der Waals surface area contributed by atoms with Gasteiger partial charge in [-0.2, -0.15) is 4.58 Å². The summed E-state index contributed by atoms with van der Waals surface area (Å²) in [4.78, 5) is 0. The summed E-state index contributed by atoms with van der Waals surface area (Å²) in [6.07, 6.45) is 2.07. The first-order chi connectivity index (χ1) is 9.88. The normalized spacial score (nSPS) is 18.1. The highest BCUT2D eigenvalue weighted by Crippen LogP contribution is 2.27. The summed E-state index contributed by atoms with van der Waals surface area (Å²) in [7, 11) is 0. The van der Waals surface area contributed by atoms with E-state index in [-0.39, 0.29) is 0 Å². The zero-order chi connectivity index (χ0) is 13.8. The largest absolute Gasteiger partial charge is 0.432 e. The van der Waals surface area contributed by atoms with E-state index in [9.17, 15) is 0 Å². The standard InChI is InChI=1S/C17H18NOS/c1-20-17-18(12-14-8-4-2-5-9-14)16(13-19-17)15-10-6-3-7-11-15/h2-11,16H,12-13H2,1H3/q+1/t16-/m0/s1. The van der Waals surface area contributed by atoms with Crippen molar-refractivity contribution in [2.75, 3.05) is 12.9 Å². The molecule has 1 aliphatic heterocycles. The minimum absolute atomic E-state index is 0.304. The lowest BCUT2D eigenvalue weighted by Crippen LogP contribution is -2.18. The molecule has 1 heterocycles. The molecule has 3 heteroatoms. The zero-order valence-corrected chi connectivity index (χ0v) is 12.3. The van der Waals surface area contributed by atoms with Crippen LogP contribution in [0.3, 0.4) is 0 Å². The van der Waals surface area contributed by atoms with E-state index in [0.29, 0.717) is 6.04 Å². The summed E-state index contributed by atoms with van der Waals surface area (Å²) in [5.41, 5.74) is 2.62. The number of benzene rings is 2. The van der Waals surface area contributed by atoms with Crippen LogP contribution < -0.4 is 0 Å². The van der Waals surface area contributed by atoms with Crippen molar-refractivity contribution < 1.29 is 9.31 Å². The number of nitrogens with zero attached hydrogens (tertiary/aromatic N) is 1. The lowest BCUT2D eigenvalue weighted by atomic mass is 10.1. The van der Waals surface area contributed by atoms with Crippen LogP contribution in [0.1, 0.15) is 17.2 Å². The van der Waals surface area contributed by atoms with Crippen molar-refractivity contribution in [1.29, 1.82) is 0 Å². The monoisotopic (exact) mass is 284 g/mol. The third-order valence-corrected chi connectivity index (χ3v) is 4.23. The number of hydrogen-bond donors (Lipinski definition) is 0. The molecule has 2 aromatic carbocycles. The highest BCUT2D eigenvalue weighted by molar-refractivity contribution is 8.12. The average molecular weight is 284 g/mol. The van der Waals surface area contributed by atoms with Gasteiger partial charge in [-0.15, -0.1) is 0 Å². The highest BCUT2D eigenvalue weighted by atomic mass is 32.2. The Morgan fingerprint density at radius 1 is 1.05 bits per heavy atom. The van der Waals surface area contributed by atoms with Crippen molar-refractivity contribution in [2.45, 2.75) is 12.6 Å². The van der Waals surface area contributed by atoms with Gasteiger partial charge in [-0.3, -0.25) is 0 Å². The Bertz CT molecular complexity index is 595. The van der Waals surface area contributed by atoms with E-state index >= 15 is 0 Å². The molecule has 20 heavy (non-hydrogen) atoms. The van der Waals surface area contributed by atoms with Crippen LogP contribution >= 0.6 is 11.8 Å². The van der Waals surface area contributed by atoms with Gasteiger partial charge in [0.15, 0.2) is 13.2 Å². The summed E-state index contributed by atoms with van der Waals surface area (Å²) in [5, 5.41) is 1.02. The molecule has 3 rings (SSSR count). The second kappa shape index (κ2) is 6.14. The SMILES string of the molecule is CSC1=[N+](Cc2ccccc2)[C@H](c2ccccc2)CO1. The molecule has 2 aromatic rings. The zero-order valence-electron chi connectivity index (χ0n) is 11.5. The molecule has 0 aliphatic carbocycles. The van der Waals surface area contributed by atoms with Gasteiger partial charge in [-0.05, 0) is 18.0 Å². The van der Waals surface area contributed by atoms with Crippen molar-refractivity contribution in [1.82, 2.24) is 0 Å². The predicted molar refractivity (Wildman–Crippen MR) is 84.1 cm³/mol. The fourth-order valence-electron chi connectivity index (χ4n) is 2.53. The van der Waals surface area contributed by atoms with Crippen LogP contribution in [0.2, 0.25) is 0 Å². The molecule has 0 saturated carbocycles. The van der Waals surface area contributed by atoms with Gasteiger partial charge in [0, 0.05) is 11.1 Å². The van der Waals surface area contributed by atoms with Crippen LogP contribution in [0.25, 0.3) is 0 Å². The van der Waals surface area contributed by atoms with Crippen molar-refractivity contribution >= 4 is 17.0 Å². The van der Waals surface area contributed by atoms with Crippen LogP contribution in [-0.4, -0.2) is 22.7 Å². The van der Waals surface area contributed by atoms with E-state index in [1.165, 1.54) is 11.1 Å². The maximum atomic E-state index is 5.86. The molecule has 1 aliphatic rings. The second-order valence-electron chi connectivity index (χ2n) is 4.82. The van der Waals surface area contributed by atoms with Gasteiger partial charge in [0.2, 0.25) is 6.04 Å². The molecule has 0 bridgehead atoms. The minimum Gasteiger partial charge on any atom is -0.432 e. The molecule has 102 valence electrons. The summed E-state index contributed by atoms with van der Waals surface area (Å²) >= 11 is 1.68. The first-order valence-electron chi connectivity index (χ1n) is 6.78. The predicted octanol–water partition coefficient (Wildman–Crippen LogP) is 3.69. The van der Waals surface area contributed by atoms with Crippen LogP contribution in [0, 0.1) is 0 Å². The summed E-state index contributed by atoms with van der Waals surface area (Å²) in [6.45, 7) is 1.61. The second-order valence-corrected chi connectivity index (χ2v) is 5.58. The Kier molecular flexibility index (Phi) is 4.07. The van der Waals surface area contributed by atoms with E-state index in [4.69, 9.17) is 4.74 Å². The molecule has 1 atom stereocenters. The van der Waals surface area contributed by atoms with Gasteiger partial charge in [0.25, 0.3) is 0 Å². The Hall–Kier alpha value is -1.74. The van der Waals surface area contributed by atoms with Crippen LogP contribution in [-0.2, 0) is 11.3 Å². The summed E-state index contributed by atoms with van der Waals surface area (Å²) < 4.78 is 8.22. The van der Waals surface area contributed by atoms with Gasteiger partial charge in [-0.1, -0.05) is 60.7 Å². The van der Waals surface area contributed by atoms with Gasteiger partial charge >= 0.3 is 5.23 Å². The Labute approximate surface area is 124 Å². The van der Waals surface area contributed by atoms with Gasteiger partial charge < -0.3 is 4.74 Å². The number of thioether (sulfide) groups is 1. The summed E-state index contributed by atoms with van der Waals surface area (Å²) in [5.74, 6) is 0. The molecular weight excluding hydrogens is 266 g/mol. The summed E-state index contributed by atoms with van der Waals surface area (Å²) in [6, 6.07) is 21.4. The van der Waals surface area contributed by atoms with Gasteiger partial charge in [-0.25, -0.2) is 0 Å². The maximum Gasteiger partial charge on any atom is 0.401 e. The molecule has 0 radical (unpaired) electrons. The quantitative estimate of drug-likeness (QED) is 0.797. The third-order valence-electron chi connectivity index (χ3n) is 3.53. The van der Waals surface area contributed by atoms with E-state index in [0.717, 1.165) is 18.4 Å². The van der Waals surface area contributed by atoms with Gasteiger partial charge in [0.1, 0.15) is 0 Å². The molecule has 0 N–H and O–H groups in total. The average Bonchev–Trinajstić information content (AvgIpc) is 2.92. The first kappa shape index (κ1) is 13.3. The number of ether oxygens (including phenoxy) is 1. The van der Waals surface area contributed by atoms with Crippen molar-refractivity contribution in [3.05, 3.63) is 71.8 Å². The van der Waals surface area contributed by atoms with Crippen LogP contribution in [0.5, 0.6) is 0 Å². The van der Waals surface area contributed by atoms with Crippen molar-refractivity contribution in [3.8, 4) is 0 Å². The molecule has 0 spiro atoms. The molecule has 0 fully saturated rings. The van der Waals surface area contributed by atoms with E-state index in [1.54, 1.807) is 11.8 Å². The highest BCUT2D eigenvalue weighted by Gasteiger charge is 2.35. The minimum atomic E-state index is 0.304. The first-order valence-corrected chi connectivity index (χ1v) is 8.00. The maximum absolute atomic E-state index is 5.86. The topological polar surface area (TPSA) is 12.2 Å². The fourth-order valence-corrected chi connectivity index (χ4v) is 3.14. The number of rotatable bonds is 3.